The molecule has 1 atom stereocenters. The number of unbranched alkanes of at least 4 members (excludes halogenated alkanes) is 1. The van der Waals surface area contributed by atoms with Crippen LogP contribution in [0.4, 0.5) is 0 Å². The zero-order valence-corrected chi connectivity index (χ0v) is 12.3. The second kappa shape index (κ2) is 7.04. The molecule has 106 valence electrons. The van der Waals surface area contributed by atoms with Crippen LogP contribution in [-0.4, -0.2) is 10.1 Å². The number of rotatable bonds is 5. The third-order valence-electron chi connectivity index (χ3n) is 4.54. The van der Waals surface area contributed by atoms with Gasteiger partial charge >= 0.3 is 0 Å². The van der Waals surface area contributed by atoms with Crippen molar-refractivity contribution in [2.75, 3.05) is 0 Å². The molecular formula is C17H27NO. The standard InChI is InChI=1S/C17H27NO/c1-3-4-5-14-6-8-15(9-7-14)17(19)16-10-13(2)11-18-12-16/h10-12,14-15,17,19H,3-9H2,1-2H3. The summed E-state index contributed by atoms with van der Waals surface area (Å²) in [6, 6.07) is 2.07. The van der Waals surface area contributed by atoms with Crippen molar-refractivity contribution in [2.24, 2.45) is 11.8 Å². The fourth-order valence-electron chi connectivity index (χ4n) is 3.30. The minimum atomic E-state index is -0.320. The van der Waals surface area contributed by atoms with E-state index < -0.39 is 0 Å². The molecule has 1 fully saturated rings. The van der Waals surface area contributed by atoms with Crippen LogP contribution in [0.2, 0.25) is 0 Å². The summed E-state index contributed by atoms with van der Waals surface area (Å²) in [5.41, 5.74) is 2.13. The molecule has 1 aromatic heterocycles. The van der Waals surface area contributed by atoms with Crippen LogP contribution in [0.25, 0.3) is 0 Å². The summed E-state index contributed by atoms with van der Waals surface area (Å²) in [6.07, 6.45) is 12.3. The molecule has 0 spiro atoms. The molecule has 0 saturated heterocycles. The van der Waals surface area contributed by atoms with E-state index in [9.17, 15) is 5.11 Å². The largest absolute Gasteiger partial charge is 0.388 e. The summed E-state index contributed by atoms with van der Waals surface area (Å²) in [6.45, 7) is 4.30. The highest BCUT2D eigenvalue weighted by molar-refractivity contribution is 5.19. The summed E-state index contributed by atoms with van der Waals surface area (Å²) >= 11 is 0. The normalized spacial score (nSPS) is 25.2. The van der Waals surface area contributed by atoms with Gasteiger partial charge in [-0.05, 0) is 42.7 Å². The average molecular weight is 261 g/mol. The summed E-state index contributed by atoms with van der Waals surface area (Å²) in [5, 5.41) is 10.5. The van der Waals surface area contributed by atoms with E-state index in [0.29, 0.717) is 5.92 Å². The Labute approximate surface area is 117 Å². The lowest BCUT2D eigenvalue weighted by Gasteiger charge is -2.31. The van der Waals surface area contributed by atoms with E-state index in [1.54, 1.807) is 0 Å². The number of pyridine rings is 1. The first-order valence-corrected chi connectivity index (χ1v) is 7.80. The summed E-state index contributed by atoms with van der Waals surface area (Å²) < 4.78 is 0. The van der Waals surface area contributed by atoms with E-state index >= 15 is 0 Å². The lowest BCUT2D eigenvalue weighted by atomic mass is 9.76. The quantitative estimate of drug-likeness (QED) is 0.851. The van der Waals surface area contributed by atoms with Gasteiger partial charge in [0.2, 0.25) is 0 Å². The number of aryl methyl sites for hydroxylation is 1. The SMILES string of the molecule is CCCCC1CCC(C(O)c2cncc(C)c2)CC1. The Bertz CT molecular complexity index is 383. The van der Waals surface area contributed by atoms with Crippen LogP contribution < -0.4 is 0 Å². The van der Waals surface area contributed by atoms with Gasteiger partial charge in [0, 0.05) is 12.4 Å². The smallest absolute Gasteiger partial charge is 0.0833 e. The Hall–Kier alpha value is -0.890. The minimum absolute atomic E-state index is 0.320. The van der Waals surface area contributed by atoms with Crippen molar-refractivity contribution in [3.63, 3.8) is 0 Å². The highest BCUT2D eigenvalue weighted by atomic mass is 16.3. The average Bonchev–Trinajstić information content (AvgIpc) is 2.45. The second-order valence-electron chi connectivity index (χ2n) is 6.16. The van der Waals surface area contributed by atoms with Crippen molar-refractivity contribution in [3.05, 3.63) is 29.6 Å². The van der Waals surface area contributed by atoms with Gasteiger partial charge in [-0.3, -0.25) is 4.98 Å². The molecule has 1 heterocycles. The van der Waals surface area contributed by atoms with Gasteiger partial charge < -0.3 is 5.11 Å². The lowest BCUT2D eigenvalue weighted by molar-refractivity contribution is 0.0717. The number of aliphatic hydroxyl groups is 1. The van der Waals surface area contributed by atoms with Gasteiger partial charge in [0.05, 0.1) is 6.10 Å². The molecule has 0 aromatic carbocycles. The van der Waals surface area contributed by atoms with Crippen molar-refractivity contribution in [2.45, 2.75) is 64.9 Å². The third kappa shape index (κ3) is 4.04. The highest BCUT2D eigenvalue weighted by Gasteiger charge is 2.27. The first kappa shape index (κ1) is 14.5. The van der Waals surface area contributed by atoms with Crippen molar-refractivity contribution in [1.82, 2.24) is 4.98 Å². The first-order valence-electron chi connectivity index (χ1n) is 7.80. The van der Waals surface area contributed by atoms with Gasteiger partial charge in [0.15, 0.2) is 0 Å². The van der Waals surface area contributed by atoms with Crippen molar-refractivity contribution >= 4 is 0 Å². The predicted molar refractivity (Wildman–Crippen MR) is 78.9 cm³/mol. The van der Waals surface area contributed by atoms with Crippen LogP contribution in [0, 0.1) is 18.8 Å². The first-order chi connectivity index (χ1) is 9.20. The molecule has 0 amide bonds. The highest BCUT2D eigenvalue weighted by Crippen LogP contribution is 2.38. The van der Waals surface area contributed by atoms with Gasteiger partial charge in [-0.2, -0.15) is 0 Å². The number of hydrogen-bond donors (Lipinski definition) is 1. The Balaban J connectivity index is 1.87. The van der Waals surface area contributed by atoms with Crippen LogP contribution in [0.3, 0.4) is 0 Å². The third-order valence-corrected chi connectivity index (χ3v) is 4.54. The molecule has 2 heteroatoms. The molecule has 2 nitrogen and oxygen atoms in total. The molecule has 1 aliphatic rings. The van der Waals surface area contributed by atoms with Gasteiger partial charge in [0.25, 0.3) is 0 Å². The van der Waals surface area contributed by atoms with E-state index in [2.05, 4.69) is 18.0 Å². The molecule has 1 aliphatic carbocycles. The Morgan fingerprint density at radius 1 is 1.26 bits per heavy atom. The van der Waals surface area contributed by atoms with Crippen LogP contribution in [0.15, 0.2) is 18.5 Å². The Kier molecular flexibility index (Phi) is 5.38. The Morgan fingerprint density at radius 2 is 2.00 bits per heavy atom. The van der Waals surface area contributed by atoms with Gasteiger partial charge in [-0.1, -0.05) is 45.1 Å². The molecular weight excluding hydrogens is 234 g/mol. The van der Waals surface area contributed by atoms with Crippen molar-refractivity contribution < 1.29 is 5.11 Å². The molecule has 1 saturated carbocycles. The zero-order chi connectivity index (χ0) is 13.7. The summed E-state index contributed by atoms with van der Waals surface area (Å²) in [4.78, 5) is 4.20. The number of aliphatic hydroxyl groups excluding tert-OH is 1. The summed E-state index contributed by atoms with van der Waals surface area (Å²) in [7, 11) is 0. The van der Waals surface area contributed by atoms with Crippen LogP contribution in [-0.2, 0) is 0 Å². The zero-order valence-electron chi connectivity index (χ0n) is 12.3. The predicted octanol–water partition coefficient (Wildman–Crippen LogP) is 4.42. The molecule has 1 aromatic rings. The molecule has 2 rings (SSSR count). The molecule has 0 radical (unpaired) electrons. The van der Waals surface area contributed by atoms with Gasteiger partial charge in [-0.25, -0.2) is 0 Å². The fraction of sp³-hybridized carbons (Fsp3) is 0.706. The van der Waals surface area contributed by atoms with E-state index in [1.165, 1.54) is 44.9 Å². The van der Waals surface area contributed by atoms with Gasteiger partial charge in [0.1, 0.15) is 0 Å². The van der Waals surface area contributed by atoms with Crippen LogP contribution in [0.1, 0.15) is 69.1 Å². The van der Waals surface area contributed by atoms with Crippen molar-refractivity contribution in [3.8, 4) is 0 Å². The second-order valence-corrected chi connectivity index (χ2v) is 6.16. The topological polar surface area (TPSA) is 33.1 Å². The van der Waals surface area contributed by atoms with E-state index in [1.807, 2.05) is 19.3 Å². The molecule has 1 N–H and O–H groups in total. The lowest BCUT2D eigenvalue weighted by Crippen LogP contribution is -2.20. The molecule has 19 heavy (non-hydrogen) atoms. The van der Waals surface area contributed by atoms with E-state index in [-0.39, 0.29) is 6.10 Å². The van der Waals surface area contributed by atoms with Crippen molar-refractivity contribution in [1.29, 1.82) is 0 Å². The molecule has 0 bridgehead atoms. The van der Waals surface area contributed by atoms with Gasteiger partial charge in [-0.15, -0.1) is 0 Å². The maximum Gasteiger partial charge on any atom is 0.0833 e. The molecule has 0 aliphatic heterocycles. The van der Waals surface area contributed by atoms with E-state index in [0.717, 1.165) is 17.0 Å². The maximum absolute atomic E-state index is 10.5. The van der Waals surface area contributed by atoms with Crippen LogP contribution >= 0.6 is 0 Å². The number of aromatic nitrogens is 1. The fourth-order valence-corrected chi connectivity index (χ4v) is 3.30. The Morgan fingerprint density at radius 3 is 2.63 bits per heavy atom. The summed E-state index contributed by atoms with van der Waals surface area (Å²) in [5.74, 6) is 1.33. The maximum atomic E-state index is 10.5. The van der Waals surface area contributed by atoms with Crippen LogP contribution in [0.5, 0.6) is 0 Å². The number of hydrogen-bond acceptors (Lipinski definition) is 2. The monoisotopic (exact) mass is 261 g/mol. The molecule has 1 unspecified atom stereocenters. The van der Waals surface area contributed by atoms with E-state index in [4.69, 9.17) is 0 Å². The number of nitrogens with zero attached hydrogens (tertiary/aromatic N) is 1. The minimum Gasteiger partial charge on any atom is -0.388 e.